The quantitative estimate of drug-likeness (QED) is 0.140. The van der Waals surface area contributed by atoms with Crippen LogP contribution in [0.2, 0.25) is 0 Å². The Morgan fingerprint density at radius 2 is 2.24 bits per heavy atom. The molecule has 3 heterocycles. The van der Waals surface area contributed by atoms with Crippen molar-refractivity contribution in [1.29, 1.82) is 0 Å². The Morgan fingerprint density at radius 3 is 2.85 bits per heavy atom. The van der Waals surface area contributed by atoms with Crippen molar-refractivity contribution in [2.75, 3.05) is 25.6 Å². The number of oxime groups is 1. The molecule has 12 nitrogen and oxygen atoms in total. The number of carboxylic acid groups (broad SMARTS) is 1. The zero-order chi connectivity index (χ0) is 24.2. The molecule has 14 heteroatoms. The Kier molecular flexibility index (Phi) is 7.38. The van der Waals surface area contributed by atoms with Crippen LogP contribution in [0.25, 0.3) is 0 Å². The molecule has 2 atom stereocenters. The van der Waals surface area contributed by atoms with Crippen LogP contribution >= 0.6 is 23.1 Å². The highest BCUT2D eigenvalue weighted by molar-refractivity contribution is 8.01. The van der Waals surface area contributed by atoms with Crippen molar-refractivity contribution in [1.82, 2.24) is 15.2 Å². The molecule has 0 saturated carbocycles. The second-order valence-electron chi connectivity index (χ2n) is 6.75. The zero-order valence-corrected chi connectivity index (χ0v) is 19.3. The topological polar surface area (TPSA) is 160 Å². The number of aromatic nitrogens is 1. The summed E-state index contributed by atoms with van der Waals surface area (Å²) in [5.41, 5.74) is -0.0869. The van der Waals surface area contributed by atoms with Gasteiger partial charge in [0.05, 0.1) is 17.5 Å². The summed E-state index contributed by atoms with van der Waals surface area (Å²) >= 11 is 2.35. The lowest BCUT2D eigenvalue weighted by Gasteiger charge is -2.51. The number of nitrogens with zero attached hydrogens (tertiary/aromatic N) is 3. The van der Waals surface area contributed by atoms with E-state index in [1.165, 1.54) is 25.4 Å². The number of aliphatic carboxylic acids is 1. The van der Waals surface area contributed by atoms with Crippen molar-refractivity contribution in [2.45, 2.75) is 23.6 Å². The summed E-state index contributed by atoms with van der Waals surface area (Å²) in [7, 11) is 1.26. The fraction of sp³-hybridized carbons (Fsp3) is 0.368. The average Bonchev–Trinajstić information content (AvgIpc) is 3.23. The van der Waals surface area contributed by atoms with Crippen molar-refractivity contribution < 1.29 is 33.9 Å². The van der Waals surface area contributed by atoms with Crippen LogP contribution in [0.3, 0.4) is 0 Å². The molecule has 0 aromatic carbocycles. The minimum atomic E-state index is -1.56. The number of carbonyl (C=O) groups is 4. The van der Waals surface area contributed by atoms with Crippen LogP contribution in [0.4, 0.5) is 5.13 Å². The van der Waals surface area contributed by atoms with E-state index in [0.29, 0.717) is 17.4 Å². The van der Waals surface area contributed by atoms with Crippen molar-refractivity contribution in [3.8, 4) is 0 Å². The molecular formula is C19H21N5O7S2. The first-order chi connectivity index (χ1) is 15.7. The smallest absolute Gasteiger partial charge is 0.352 e. The van der Waals surface area contributed by atoms with Gasteiger partial charge in [-0.15, -0.1) is 17.9 Å². The SMILES string of the molecule is C=CCNc1nc(C2(NC(=O)C=NOC)S[C@@H]3CC(=O)N3C(C(=O)O)=C2COC(C)=O)cs1. The van der Waals surface area contributed by atoms with E-state index in [4.69, 9.17) is 4.74 Å². The molecule has 1 fully saturated rings. The summed E-state index contributed by atoms with van der Waals surface area (Å²) in [5.74, 6) is -3.16. The second kappa shape index (κ2) is 10.0. The average molecular weight is 496 g/mol. The van der Waals surface area contributed by atoms with Gasteiger partial charge in [0.15, 0.2) is 10.0 Å². The van der Waals surface area contributed by atoms with Crippen LogP contribution in [0, 0.1) is 0 Å². The lowest BCUT2D eigenvalue weighted by Crippen LogP contribution is -2.61. The first-order valence-electron chi connectivity index (χ1n) is 9.53. The number of β-lactam (4-membered cyclic amide) rings is 1. The Balaban J connectivity index is 2.20. The Bertz CT molecular complexity index is 1050. The number of fused-ring (bicyclic) bond motifs is 1. The largest absolute Gasteiger partial charge is 0.477 e. The molecule has 2 amide bonds. The zero-order valence-electron chi connectivity index (χ0n) is 17.7. The molecule has 3 rings (SSSR count). The molecule has 2 aliphatic heterocycles. The van der Waals surface area contributed by atoms with E-state index in [0.717, 1.165) is 22.9 Å². The number of carbonyl (C=O) groups excluding carboxylic acids is 3. The molecular weight excluding hydrogens is 474 g/mol. The van der Waals surface area contributed by atoms with E-state index in [9.17, 15) is 24.3 Å². The molecule has 0 aliphatic carbocycles. The number of hydrogen-bond acceptors (Lipinski definition) is 11. The Morgan fingerprint density at radius 1 is 1.48 bits per heavy atom. The second-order valence-corrected chi connectivity index (χ2v) is 9.00. The van der Waals surface area contributed by atoms with Crippen LogP contribution in [0.5, 0.6) is 0 Å². The van der Waals surface area contributed by atoms with Crippen LogP contribution in [-0.4, -0.2) is 70.6 Å². The molecule has 0 spiro atoms. The van der Waals surface area contributed by atoms with Crippen LogP contribution in [-0.2, 0) is 33.6 Å². The lowest BCUT2D eigenvalue weighted by atomic mass is 9.97. The van der Waals surface area contributed by atoms with Gasteiger partial charge in [-0.2, -0.15) is 0 Å². The Labute approximate surface area is 196 Å². The third-order valence-corrected chi connectivity index (χ3v) is 6.99. The first-order valence-corrected chi connectivity index (χ1v) is 11.3. The first kappa shape index (κ1) is 24.3. The maximum atomic E-state index is 12.7. The number of carboxylic acids is 1. The molecule has 1 aromatic rings. The van der Waals surface area contributed by atoms with Gasteiger partial charge >= 0.3 is 11.9 Å². The molecule has 2 aliphatic rings. The van der Waals surface area contributed by atoms with Gasteiger partial charge in [-0.05, 0) is 0 Å². The van der Waals surface area contributed by atoms with Crippen LogP contribution in [0.15, 0.2) is 34.5 Å². The van der Waals surface area contributed by atoms with Crippen molar-refractivity contribution in [3.63, 3.8) is 0 Å². The normalized spacial score (nSPS) is 21.8. The van der Waals surface area contributed by atoms with E-state index in [-0.39, 0.29) is 17.7 Å². The molecule has 33 heavy (non-hydrogen) atoms. The third kappa shape index (κ3) is 4.85. The number of amides is 2. The summed E-state index contributed by atoms with van der Waals surface area (Å²) in [6.45, 7) is 4.75. The highest BCUT2D eigenvalue weighted by atomic mass is 32.2. The van der Waals surface area contributed by atoms with Gasteiger partial charge in [0, 0.05) is 24.4 Å². The number of hydrogen-bond donors (Lipinski definition) is 3. The Hall–Kier alpha value is -3.39. The fourth-order valence-corrected chi connectivity index (χ4v) is 5.77. The molecule has 1 saturated heterocycles. The number of nitrogens with one attached hydrogen (secondary N) is 2. The maximum absolute atomic E-state index is 12.7. The fourth-order valence-electron chi connectivity index (χ4n) is 3.28. The highest BCUT2D eigenvalue weighted by Gasteiger charge is 2.57. The van der Waals surface area contributed by atoms with E-state index in [1.807, 2.05) is 0 Å². The molecule has 176 valence electrons. The molecule has 1 unspecified atom stereocenters. The molecule has 1 aromatic heterocycles. The van der Waals surface area contributed by atoms with E-state index >= 15 is 0 Å². The van der Waals surface area contributed by atoms with Crippen molar-refractivity contribution >= 4 is 58.2 Å². The number of anilines is 1. The molecule has 3 N–H and O–H groups in total. The summed E-state index contributed by atoms with van der Waals surface area (Å²) < 4.78 is 5.14. The van der Waals surface area contributed by atoms with Crippen molar-refractivity contribution in [3.05, 3.63) is 35.0 Å². The summed E-state index contributed by atoms with van der Waals surface area (Å²) in [6.07, 6.45) is 2.59. The van der Waals surface area contributed by atoms with Crippen LogP contribution in [0.1, 0.15) is 19.0 Å². The van der Waals surface area contributed by atoms with E-state index in [1.54, 1.807) is 11.5 Å². The van der Waals surface area contributed by atoms with Gasteiger partial charge in [-0.25, -0.2) is 9.78 Å². The van der Waals surface area contributed by atoms with Gasteiger partial charge < -0.3 is 25.3 Å². The van der Waals surface area contributed by atoms with Gasteiger partial charge in [-0.1, -0.05) is 23.0 Å². The predicted octanol–water partition coefficient (Wildman–Crippen LogP) is 0.849. The van der Waals surface area contributed by atoms with E-state index < -0.39 is 40.6 Å². The third-order valence-electron chi connectivity index (χ3n) is 4.63. The summed E-state index contributed by atoms with van der Waals surface area (Å²) in [4.78, 5) is 57.4. The predicted molar refractivity (Wildman–Crippen MR) is 120 cm³/mol. The summed E-state index contributed by atoms with van der Waals surface area (Å²) in [6, 6.07) is 0. The highest BCUT2D eigenvalue weighted by Crippen LogP contribution is 2.54. The van der Waals surface area contributed by atoms with Crippen molar-refractivity contribution in [2.24, 2.45) is 5.16 Å². The minimum Gasteiger partial charge on any atom is -0.477 e. The number of ether oxygens (including phenoxy) is 1. The standard InChI is InChI=1S/C19H21N5O7S2/c1-4-5-20-18-22-12(9-32-18)19(23-13(26)7-21-30-3)11(8-31-10(2)25)16(17(28)29)24-14(27)6-15(24)33-19/h4,7,9,15H,1,5-6,8H2,2-3H3,(H,20,22)(H,23,26)(H,28,29)/t15-,19?/m1/s1. The maximum Gasteiger partial charge on any atom is 0.352 e. The van der Waals surface area contributed by atoms with Gasteiger partial charge in [0.1, 0.15) is 25.6 Å². The van der Waals surface area contributed by atoms with E-state index in [2.05, 4.69) is 32.2 Å². The van der Waals surface area contributed by atoms with Gasteiger partial charge in [0.25, 0.3) is 5.91 Å². The minimum absolute atomic E-state index is 0.0146. The lowest BCUT2D eigenvalue weighted by molar-refractivity contribution is -0.146. The molecule has 0 bridgehead atoms. The van der Waals surface area contributed by atoms with Gasteiger partial charge in [0.2, 0.25) is 5.91 Å². The number of rotatable bonds is 10. The number of thioether (sulfide) groups is 1. The van der Waals surface area contributed by atoms with Gasteiger partial charge in [-0.3, -0.25) is 19.3 Å². The van der Waals surface area contributed by atoms with Crippen LogP contribution < -0.4 is 10.6 Å². The summed E-state index contributed by atoms with van der Waals surface area (Å²) in [5, 5.41) is 20.8. The molecule has 0 radical (unpaired) electrons. The monoisotopic (exact) mass is 495 g/mol. The number of thiazole rings is 1. The number of esters is 1.